The van der Waals surface area contributed by atoms with Gasteiger partial charge < -0.3 is 4.90 Å². The topological polar surface area (TPSA) is 57.7 Å². The molecule has 2 aromatic rings. The number of sulfonamides is 1. The third-order valence-corrected chi connectivity index (χ3v) is 10.4. The van der Waals surface area contributed by atoms with Gasteiger partial charge in [-0.15, -0.1) is 0 Å². The number of nitrogens with zero attached hydrogens (tertiary/aromatic N) is 2. The van der Waals surface area contributed by atoms with Gasteiger partial charge in [0.25, 0.3) is 0 Å². The first kappa shape index (κ1) is 28.1. The molecule has 1 amide bonds. The normalized spacial score (nSPS) is 26.1. The van der Waals surface area contributed by atoms with Crippen LogP contribution in [0.1, 0.15) is 54.9 Å². The number of amides is 1. The lowest BCUT2D eigenvalue weighted by Gasteiger charge is -2.45. The van der Waals surface area contributed by atoms with Gasteiger partial charge in [0.15, 0.2) is 0 Å². The number of likely N-dealkylation sites (tertiary alicyclic amines) is 1. The van der Waals surface area contributed by atoms with Crippen molar-refractivity contribution in [2.24, 2.45) is 5.92 Å². The zero-order valence-electron chi connectivity index (χ0n) is 22.2. The Morgan fingerprint density at radius 2 is 1.67 bits per heavy atom. The number of hydrogen-bond donors (Lipinski definition) is 0. The van der Waals surface area contributed by atoms with Crippen LogP contribution in [0.3, 0.4) is 0 Å². The molecule has 5 rings (SSSR count). The molecule has 0 N–H and O–H groups in total. The van der Waals surface area contributed by atoms with Gasteiger partial charge in [-0.25, -0.2) is 17.1 Å². The molecule has 39 heavy (non-hydrogen) atoms. The second kappa shape index (κ2) is 9.87. The van der Waals surface area contributed by atoms with Crippen molar-refractivity contribution >= 4 is 15.9 Å². The molecule has 3 atom stereocenters. The van der Waals surface area contributed by atoms with E-state index in [0.717, 1.165) is 11.1 Å². The van der Waals surface area contributed by atoms with Crippen molar-refractivity contribution in [3.63, 3.8) is 0 Å². The van der Waals surface area contributed by atoms with E-state index in [4.69, 9.17) is 0 Å². The number of aryl methyl sites for hydroxylation is 1. The molecule has 2 fully saturated rings. The molecule has 0 spiro atoms. The average molecular weight is 567 g/mol. The first-order valence-electron chi connectivity index (χ1n) is 13.4. The van der Waals surface area contributed by atoms with Crippen LogP contribution >= 0.6 is 0 Å². The number of carbonyl (C=O) groups excluding carboxylic acids is 1. The number of fused-ring (bicyclic) bond motifs is 3. The lowest BCUT2D eigenvalue weighted by molar-refractivity contribution is -0.228. The van der Waals surface area contributed by atoms with E-state index in [-0.39, 0.29) is 17.9 Å². The quantitative estimate of drug-likeness (QED) is 0.472. The summed E-state index contributed by atoms with van der Waals surface area (Å²) in [5, 5.41) is 0. The molecule has 1 aliphatic carbocycles. The third kappa shape index (κ3) is 4.99. The first-order valence-corrected chi connectivity index (χ1v) is 15.3. The monoisotopic (exact) mass is 566 g/mol. The molecular formula is C29H34F4N2O3S. The van der Waals surface area contributed by atoms with Crippen LogP contribution in [0.15, 0.2) is 48.5 Å². The largest absolute Gasteiger partial charge is 0.426 e. The Morgan fingerprint density at radius 3 is 2.28 bits per heavy atom. The smallest absolute Gasteiger partial charge is 0.339 e. The van der Waals surface area contributed by atoms with E-state index in [1.165, 1.54) is 22.7 Å². The van der Waals surface area contributed by atoms with Crippen molar-refractivity contribution in [3.05, 3.63) is 70.8 Å². The molecule has 2 aromatic carbocycles. The maximum absolute atomic E-state index is 14.9. The summed E-state index contributed by atoms with van der Waals surface area (Å²) in [4.78, 5) is 15.7. The minimum Gasteiger partial charge on any atom is -0.339 e. The maximum Gasteiger partial charge on any atom is 0.426 e. The summed E-state index contributed by atoms with van der Waals surface area (Å²) >= 11 is 0. The highest BCUT2D eigenvalue weighted by molar-refractivity contribution is 7.88. The molecule has 212 valence electrons. The minimum absolute atomic E-state index is 0.0246. The van der Waals surface area contributed by atoms with Gasteiger partial charge in [0.1, 0.15) is 0 Å². The van der Waals surface area contributed by atoms with Crippen LogP contribution in [0.25, 0.3) is 0 Å². The van der Waals surface area contributed by atoms with Crippen molar-refractivity contribution < 1.29 is 30.8 Å². The maximum atomic E-state index is 14.9. The molecule has 0 radical (unpaired) electrons. The number of hydrogen-bond acceptors (Lipinski definition) is 3. The van der Waals surface area contributed by atoms with E-state index < -0.39 is 32.8 Å². The van der Waals surface area contributed by atoms with Crippen molar-refractivity contribution in [3.8, 4) is 0 Å². The Morgan fingerprint density at radius 1 is 1.00 bits per heavy atom. The first-order chi connectivity index (χ1) is 18.2. The molecule has 3 aliphatic rings. The van der Waals surface area contributed by atoms with Gasteiger partial charge in [-0.05, 0) is 67.7 Å². The van der Waals surface area contributed by atoms with Gasteiger partial charge in [0.2, 0.25) is 21.6 Å². The van der Waals surface area contributed by atoms with E-state index in [0.29, 0.717) is 70.6 Å². The van der Waals surface area contributed by atoms with Gasteiger partial charge in [-0.3, -0.25) is 4.79 Å². The van der Waals surface area contributed by atoms with Crippen LogP contribution in [0.5, 0.6) is 0 Å². The lowest BCUT2D eigenvalue weighted by atomic mass is 9.63. The van der Waals surface area contributed by atoms with Crippen LogP contribution in [0.4, 0.5) is 17.6 Å². The number of halogens is 4. The van der Waals surface area contributed by atoms with Crippen LogP contribution in [-0.4, -0.2) is 61.6 Å². The molecule has 0 bridgehead atoms. The van der Waals surface area contributed by atoms with Crippen LogP contribution < -0.4 is 0 Å². The molecule has 10 heteroatoms. The Balaban J connectivity index is 1.48. The van der Waals surface area contributed by atoms with Gasteiger partial charge in [0, 0.05) is 37.0 Å². The highest BCUT2D eigenvalue weighted by Gasteiger charge is 2.56. The molecule has 0 aromatic heterocycles. The number of alkyl halides is 4. The molecule has 1 unspecified atom stereocenters. The molecular weight excluding hydrogens is 532 g/mol. The van der Waals surface area contributed by atoms with E-state index >= 15 is 0 Å². The number of benzene rings is 2. The fourth-order valence-electron chi connectivity index (χ4n) is 6.92. The molecule has 2 aliphatic heterocycles. The highest BCUT2D eigenvalue weighted by atomic mass is 32.2. The average Bonchev–Trinajstić information content (AvgIpc) is 3.26. The lowest BCUT2D eigenvalue weighted by Crippen LogP contribution is -2.51. The Bertz CT molecular complexity index is 1340. The fraction of sp³-hybridized carbons (Fsp3) is 0.552. The van der Waals surface area contributed by atoms with Crippen LogP contribution in [0.2, 0.25) is 0 Å². The molecule has 5 nitrogen and oxygen atoms in total. The zero-order chi connectivity index (χ0) is 28.2. The fourth-order valence-corrected chi connectivity index (χ4v) is 7.79. The van der Waals surface area contributed by atoms with Gasteiger partial charge >= 0.3 is 6.18 Å². The number of carbonyl (C=O) groups is 1. The molecule has 0 saturated carbocycles. The Kier molecular flexibility index (Phi) is 7.11. The summed E-state index contributed by atoms with van der Waals surface area (Å²) in [6, 6.07) is 14.0. The van der Waals surface area contributed by atoms with E-state index in [9.17, 15) is 30.8 Å². The predicted octanol–water partition coefficient (Wildman–Crippen LogP) is 5.13. The van der Waals surface area contributed by atoms with Crippen molar-refractivity contribution in [2.75, 3.05) is 25.9 Å². The summed E-state index contributed by atoms with van der Waals surface area (Å²) in [6.45, 7) is 1.71. The van der Waals surface area contributed by atoms with Gasteiger partial charge in [-0.1, -0.05) is 48.5 Å². The predicted molar refractivity (Wildman–Crippen MR) is 140 cm³/mol. The summed E-state index contributed by atoms with van der Waals surface area (Å²) in [7, 11) is -3.30. The number of piperidine rings is 1. The Hall–Kier alpha value is -2.46. The standard InChI is InChI=1S/C29H34F4N2O3S/c1-27(30,29(31,32)33)23-9-10-24-22(18-23)8-11-25-28(24,19-20-6-4-3-5-7-20)14-17-35(25)26(36)21-12-15-34(16-13-21)39(2,37)38/h3-7,9-10,18,21,25H,8,11-17,19H2,1-2H3/t25-,27?,28-/m1/s1. The Labute approximate surface area is 227 Å². The van der Waals surface area contributed by atoms with Crippen LogP contribution in [0, 0.1) is 5.92 Å². The summed E-state index contributed by atoms with van der Waals surface area (Å²) in [5.74, 6) is -0.241. The van der Waals surface area contributed by atoms with Crippen molar-refractivity contribution in [1.29, 1.82) is 0 Å². The summed E-state index contributed by atoms with van der Waals surface area (Å²) in [5.41, 5.74) is -1.67. The highest BCUT2D eigenvalue weighted by Crippen LogP contribution is 2.51. The second-order valence-electron chi connectivity index (χ2n) is 11.5. The van der Waals surface area contributed by atoms with Crippen LogP contribution in [-0.2, 0) is 38.7 Å². The third-order valence-electron chi connectivity index (χ3n) is 9.13. The summed E-state index contributed by atoms with van der Waals surface area (Å²) in [6.07, 6.45) is -0.615. The minimum atomic E-state index is -5.02. The SMILES string of the molecule is CC(F)(c1ccc2c(c1)CC[C@H]1N(C(=O)C3CCN(S(C)(=O)=O)CC3)CC[C@@]21Cc1ccccc1)C(F)(F)F. The number of rotatable bonds is 5. The van der Waals surface area contributed by atoms with Crippen molar-refractivity contribution in [2.45, 2.75) is 68.8 Å². The van der Waals surface area contributed by atoms with E-state index in [2.05, 4.69) is 0 Å². The second-order valence-corrected chi connectivity index (χ2v) is 13.4. The van der Waals surface area contributed by atoms with Gasteiger partial charge in [0.05, 0.1) is 6.26 Å². The summed E-state index contributed by atoms with van der Waals surface area (Å²) < 4.78 is 80.6. The van der Waals surface area contributed by atoms with E-state index in [1.54, 1.807) is 6.07 Å². The molecule has 2 saturated heterocycles. The van der Waals surface area contributed by atoms with E-state index in [1.807, 2.05) is 35.2 Å². The molecule has 2 heterocycles. The van der Waals surface area contributed by atoms with Gasteiger partial charge in [-0.2, -0.15) is 13.2 Å². The zero-order valence-corrected chi connectivity index (χ0v) is 23.0. The van der Waals surface area contributed by atoms with Crippen molar-refractivity contribution in [1.82, 2.24) is 9.21 Å².